The SMILES string of the molecule is COC(=O)C1CN(c2cccc(N3c4ccc(C(F)(F)F)cc4CC3Cc3ccccc3)c2)C1. The number of rotatable bonds is 5. The molecule has 2 aliphatic rings. The van der Waals surface area contributed by atoms with Crippen molar-refractivity contribution < 1.29 is 22.7 Å². The maximum atomic E-state index is 13.4. The molecular weight excluding hydrogens is 441 g/mol. The van der Waals surface area contributed by atoms with Crippen LogP contribution in [0.4, 0.5) is 30.2 Å². The first-order valence-corrected chi connectivity index (χ1v) is 11.3. The molecular formula is C27H25F3N2O2. The Kier molecular flexibility index (Phi) is 5.71. The lowest BCUT2D eigenvalue weighted by molar-refractivity contribution is -0.146. The van der Waals surface area contributed by atoms with Crippen LogP contribution in [0.25, 0.3) is 0 Å². The van der Waals surface area contributed by atoms with Crippen molar-refractivity contribution in [2.45, 2.75) is 25.1 Å². The van der Waals surface area contributed by atoms with Crippen molar-refractivity contribution in [3.63, 3.8) is 0 Å². The highest BCUT2D eigenvalue weighted by Gasteiger charge is 2.37. The van der Waals surface area contributed by atoms with E-state index in [0.717, 1.165) is 35.1 Å². The van der Waals surface area contributed by atoms with E-state index < -0.39 is 11.7 Å². The highest BCUT2D eigenvalue weighted by molar-refractivity contribution is 5.78. The minimum atomic E-state index is -4.37. The second-order valence-electron chi connectivity index (χ2n) is 8.90. The molecule has 0 N–H and O–H groups in total. The summed E-state index contributed by atoms with van der Waals surface area (Å²) in [6, 6.07) is 22.0. The number of ether oxygens (including phenoxy) is 1. The molecule has 0 amide bonds. The molecule has 2 heterocycles. The van der Waals surface area contributed by atoms with Gasteiger partial charge in [-0.3, -0.25) is 4.79 Å². The van der Waals surface area contributed by atoms with Crippen molar-refractivity contribution in [3.05, 3.63) is 89.5 Å². The second kappa shape index (κ2) is 8.70. The number of nitrogens with zero attached hydrogens (tertiary/aromatic N) is 2. The standard InChI is InChI=1S/C27H25F3N2O2/c1-34-26(33)20-16-31(17-20)22-8-5-9-23(15-22)32-24(12-18-6-3-2-4-7-18)14-19-13-21(27(28,29)30)10-11-25(19)32/h2-11,13,15,20,24H,12,14,16-17H2,1H3. The van der Waals surface area contributed by atoms with Crippen molar-refractivity contribution in [1.29, 1.82) is 0 Å². The molecule has 0 bridgehead atoms. The number of benzene rings is 3. The van der Waals surface area contributed by atoms with Gasteiger partial charge in [0.25, 0.3) is 0 Å². The maximum absolute atomic E-state index is 13.4. The summed E-state index contributed by atoms with van der Waals surface area (Å²) in [5.41, 5.74) is 3.95. The summed E-state index contributed by atoms with van der Waals surface area (Å²) in [5, 5.41) is 0. The highest BCUT2D eigenvalue weighted by Crippen LogP contribution is 2.43. The summed E-state index contributed by atoms with van der Waals surface area (Å²) >= 11 is 0. The predicted octanol–water partition coefficient (Wildman–Crippen LogP) is 5.62. The number of esters is 1. The third kappa shape index (κ3) is 4.22. The molecule has 176 valence electrons. The average molecular weight is 467 g/mol. The van der Waals surface area contributed by atoms with E-state index in [1.54, 1.807) is 6.07 Å². The lowest BCUT2D eigenvalue weighted by Crippen LogP contribution is -2.50. The summed E-state index contributed by atoms with van der Waals surface area (Å²) in [6.07, 6.45) is -3.12. The molecule has 0 spiro atoms. The molecule has 0 aliphatic carbocycles. The van der Waals surface area contributed by atoms with Crippen LogP contribution in [0.5, 0.6) is 0 Å². The van der Waals surface area contributed by atoms with Crippen molar-refractivity contribution in [2.75, 3.05) is 30.0 Å². The number of carbonyl (C=O) groups excluding carboxylic acids is 1. The van der Waals surface area contributed by atoms with Gasteiger partial charge in [-0.25, -0.2) is 0 Å². The van der Waals surface area contributed by atoms with Crippen LogP contribution in [0.15, 0.2) is 72.8 Å². The van der Waals surface area contributed by atoms with Crippen molar-refractivity contribution in [3.8, 4) is 0 Å². The van der Waals surface area contributed by atoms with Crippen LogP contribution >= 0.6 is 0 Å². The predicted molar refractivity (Wildman–Crippen MR) is 125 cm³/mol. The van der Waals surface area contributed by atoms with Crippen molar-refractivity contribution in [1.82, 2.24) is 0 Å². The minimum absolute atomic E-state index is 0.00431. The molecule has 0 saturated carbocycles. The van der Waals surface area contributed by atoms with E-state index >= 15 is 0 Å². The zero-order valence-electron chi connectivity index (χ0n) is 18.8. The Bertz CT molecular complexity index is 1190. The number of hydrogen-bond donors (Lipinski definition) is 0. The van der Waals surface area contributed by atoms with Crippen molar-refractivity contribution >= 4 is 23.0 Å². The first-order valence-electron chi connectivity index (χ1n) is 11.3. The number of carbonyl (C=O) groups is 1. The van der Waals surface area contributed by atoms with Crippen LogP contribution in [0.3, 0.4) is 0 Å². The molecule has 7 heteroatoms. The quantitative estimate of drug-likeness (QED) is 0.457. The summed E-state index contributed by atoms with van der Waals surface area (Å²) in [7, 11) is 1.40. The van der Waals surface area contributed by atoms with Crippen LogP contribution < -0.4 is 9.80 Å². The van der Waals surface area contributed by atoms with Crippen LogP contribution in [0.1, 0.15) is 16.7 Å². The smallest absolute Gasteiger partial charge is 0.416 e. The maximum Gasteiger partial charge on any atom is 0.416 e. The monoisotopic (exact) mass is 466 g/mol. The molecule has 4 nitrogen and oxygen atoms in total. The lowest BCUT2D eigenvalue weighted by atomic mass is 9.99. The van der Waals surface area contributed by atoms with Gasteiger partial charge >= 0.3 is 12.1 Å². The third-order valence-corrected chi connectivity index (χ3v) is 6.69. The van der Waals surface area contributed by atoms with Crippen LogP contribution in [0.2, 0.25) is 0 Å². The topological polar surface area (TPSA) is 32.8 Å². The van der Waals surface area contributed by atoms with Crippen LogP contribution in [-0.4, -0.2) is 32.2 Å². The van der Waals surface area contributed by atoms with Crippen LogP contribution in [-0.2, 0) is 28.5 Å². The van der Waals surface area contributed by atoms with Gasteiger partial charge in [0.15, 0.2) is 0 Å². The Labute approximate surface area is 196 Å². The first-order chi connectivity index (χ1) is 16.3. The number of hydrogen-bond acceptors (Lipinski definition) is 4. The van der Waals surface area contributed by atoms with Gasteiger partial charge < -0.3 is 14.5 Å². The van der Waals surface area contributed by atoms with Gasteiger partial charge in [-0.2, -0.15) is 13.2 Å². The molecule has 3 aromatic carbocycles. The molecule has 34 heavy (non-hydrogen) atoms. The third-order valence-electron chi connectivity index (χ3n) is 6.69. The highest BCUT2D eigenvalue weighted by atomic mass is 19.4. The molecule has 1 saturated heterocycles. The first kappa shape index (κ1) is 22.3. The van der Waals surface area contributed by atoms with E-state index in [9.17, 15) is 18.0 Å². The van der Waals surface area contributed by atoms with E-state index in [4.69, 9.17) is 4.74 Å². The fraction of sp³-hybridized carbons (Fsp3) is 0.296. The van der Waals surface area contributed by atoms with Gasteiger partial charge in [0.1, 0.15) is 0 Å². The normalized spacial score (nSPS) is 17.9. The number of halogens is 3. The molecule has 1 atom stereocenters. The number of fused-ring (bicyclic) bond motifs is 1. The van der Waals surface area contributed by atoms with E-state index in [1.807, 2.05) is 48.5 Å². The van der Waals surface area contributed by atoms with E-state index in [2.05, 4.69) is 15.9 Å². The molecule has 1 unspecified atom stereocenters. The minimum Gasteiger partial charge on any atom is -0.469 e. The summed E-state index contributed by atoms with van der Waals surface area (Å²) in [4.78, 5) is 16.0. The number of methoxy groups -OCH3 is 1. The lowest BCUT2D eigenvalue weighted by Gasteiger charge is -2.40. The molecule has 3 aromatic rings. The molecule has 5 rings (SSSR count). The Morgan fingerprint density at radius 1 is 0.971 bits per heavy atom. The Morgan fingerprint density at radius 2 is 1.71 bits per heavy atom. The largest absolute Gasteiger partial charge is 0.469 e. The van der Waals surface area contributed by atoms with Gasteiger partial charge in [0.2, 0.25) is 0 Å². The van der Waals surface area contributed by atoms with Gasteiger partial charge in [0.05, 0.1) is 18.6 Å². The van der Waals surface area contributed by atoms with E-state index in [0.29, 0.717) is 25.1 Å². The fourth-order valence-electron chi connectivity index (χ4n) is 4.95. The Hall–Kier alpha value is -3.48. The van der Waals surface area contributed by atoms with Gasteiger partial charge in [-0.05, 0) is 60.4 Å². The Balaban J connectivity index is 1.47. The summed E-state index contributed by atoms with van der Waals surface area (Å²) in [6.45, 7) is 1.18. The summed E-state index contributed by atoms with van der Waals surface area (Å²) < 4.78 is 44.9. The molecule has 1 fully saturated rings. The number of anilines is 3. The molecule has 2 aliphatic heterocycles. The second-order valence-corrected chi connectivity index (χ2v) is 8.90. The zero-order chi connectivity index (χ0) is 23.9. The number of alkyl halides is 3. The summed E-state index contributed by atoms with van der Waals surface area (Å²) in [5.74, 6) is -0.336. The van der Waals surface area contributed by atoms with Crippen LogP contribution in [0, 0.1) is 5.92 Å². The van der Waals surface area contributed by atoms with Gasteiger partial charge in [-0.1, -0.05) is 36.4 Å². The van der Waals surface area contributed by atoms with Crippen molar-refractivity contribution in [2.24, 2.45) is 5.92 Å². The molecule has 0 radical (unpaired) electrons. The fourth-order valence-corrected chi connectivity index (χ4v) is 4.95. The van der Waals surface area contributed by atoms with Gasteiger partial charge in [0, 0.05) is 36.2 Å². The average Bonchev–Trinajstić information content (AvgIpc) is 3.15. The molecule has 0 aromatic heterocycles. The van der Waals surface area contributed by atoms with Gasteiger partial charge in [-0.15, -0.1) is 0 Å². The van der Waals surface area contributed by atoms with E-state index in [1.165, 1.54) is 13.2 Å². The Morgan fingerprint density at radius 3 is 2.41 bits per heavy atom. The van der Waals surface area contributed by atoms with E-state index in [-0.39, 0.29) is 17.9 Å². The zero-order valence-corrected chi connectivity index (χ0v) is 18.8.